The van der Waals surface area contributed by atoms with Gasteiger partial charge >= 0.3 is 0 Å². The summed E-state index contributed by atoms with van der Waals surface area (Å²) in [6, 6.07) is 7.73. The third-order valence-electron chi connectivity index (χ3n) is 1.88. The van der Waals surface area contributed by atoms with E-state index >= 15 is 0 Å². The van der Waals surface area contributed by atoms with E-state index in [2.05, 4.69) is 6.58 Å². The molecular formula is C11H12ClNO. The summed E-state index contributed by atoms with van der Waals surface area (Å²) in [5, 5.41) is 0. The van der Waals surface area contributed by atoms with E-state index < -0.39 is 0 Å². The van der Waals surface area contributed by atoms with Gasteiger partial charge in [-0.2, -0.15) is 0 Å². The molecule has 0 saturated heterocycles. The largest absolute Gasteiger partial charge is 0.274 e. The van der Waals surface area contributed by atoms with Crippen LogP contribution in [-0.2, 0) is 11.3 Å². The van der Waals surface area contributed by atoms with Crippen molar-refractivity contribution >= 4 is 23.8 Å². The van der Waals surface area contributed by atoms with Crippen molar-refractivity contribution in [3.8, 4) is 0 Å². The summed E-state index contributed by atoms with van der Waals surface area (Å²) in [5.41, 5.74) is 2.05. The van der Waals surface area contributed by atoms with Crippen LogP contribution in [0.4, 0.5) is 0 Å². The van der Waals surface area contributed by atoms with Crippen LogP contribution in [-0.4, -0.2) is 10.3 Å². The molecule has 0 N–H and O–H groups in total. The highest BCUT2D eigenvalue weighted by atomic mass is 35.5. The summed E-state index contributed by atoms with van der Waals surface area (Å²) < 4.78 is 1.16. The number of benzene rings is 1. The molecule has 0 aromatic heterocycles. The second-order valence-corrected chi connectivity index (χ2v) is 3.39. The summed E-state index contributed by atoms with van der Waals surface area (Å²) in [4.78, 5) is 10.8. The highest BCUT2D eigenvalue weighted by molar-refractivity contribution is 6.20. The molecule has 14 heavy (non-hydrogen) atoms. The zero-order valence-corrected chi connectivity index (χ0v) is 8.79. The molecule has 0 atom stereocenters. The van der Waals surface area contributed by atoms with Crippen molar-refractivity contribution in [1.29, 1.82) is 0 Å². The van der Waals surface area contributed by atoms with Crippen LogP contribution in [0.25, 0.3) is 6.08 Å². The maximum Gasteiger partial charge on any atom is 0.234 e. The normalized spacial score (nSPS) is 9.57. The number of amides is 1. The minimum Gasteiger partial charge on any atom is -0.274 e. The maximum atomic E-state index is 10.8. The molecule has 1 amide bonds. The lowest BCUT2D eigenvalue weighted by Crippen LogP contribution is -2.17. The van der Waals surface area contributed by atoms with Gasteiger partial charge in [-0.1, -0.05) is 36.9 Å². The van der Waals surface area contributed by atoms with Gasteiger partial charge in [0.25, 0.3) is 0 Å². The molecule has 0 fully saturated rings. The number of hydrogen-bond acceptors (Lipinski definition) is 1. The van der Waals surface area contributed by atoms with E-state index in [-0.39, 0.29) is 5.91 Å². The van der Waals surface area contributed by atoms with E-state index in [1.807, 2.05) is 24.3 Å². The van der Waals surface area contributed by atoms with Crippen LogP contribution < -0.4 is 0 Å². The van der Waals surface area contributed by atoms with Crippen molar-refractivity contribution < 1.29 is 4.79 Å². The van der Waals surface area contributed by atoms with Gasteiger partial charge in [0.1, 0.15) is 0 Å². The predicted octanol–water partition coefficient (Wildman–Crippen LogP) is 2.83. The van der Waals surface area contributed by atoms with Crippen molar-refractivity contribution in [3.63, 3.8) is 0 Å². The van der Waals surface area contributed by atoms with Crippen molar-refractivity contribution in [1.82, 2.24) is 4.42 Å². The first-order valence-electron chi connectivity index (χ1n) is 4.28. The Bertz CT molecular complexity index is 332. The summed E-state index contributed by atoms with van der Waals surface area (Å²) in [6.45, 7) is 5.52. The van der Waals surface area contributed by atoms with E-state index in [4.69, 9.17) is 11.8 Å². The van der Waals surface area contributed by atoms with Crippen molar-refractivity contribution in [2.45, 2.75) is 13.5 Å². The van der Waals surface area contributed by atoms with Crippen LogP contribution in [0.2, 0.25) is 0 Å². The molecule has 1 aromatic carbocycles. The minimum absolute atomic E-state index is 0.153. The minimum atomic E-state index is -0.153. The van der Waals surface area contributed by atoms with Crippen LogP contribution >= 0.6 is 11.8 Å². The average Bonchev–Trinajstić information content (AvgIpc) is 2.19. The highest BCUT2D eigenvalue weighted by Gasteiger charge is 2.04. The number of carbonyl (C=O) groups is 1. The smallest absolute Gasteiger partial charge is 0.234 e. The first-order valence-corrected chi connectivity index (χ1v) is 4.62. The molecule has 0 aliphatic rings. The highest BCUT2D eigenvalue weighted by Crippen LogP contribution is 2.09. The molecule has 0 aliphatic carbocycles. The Labute approximate surface area is 88.9 Å². The van der Waals surface area contributed by atoms with Gasteiger partial charge in [0.15, 0.2) is 0 Å². The van der Waals surface area contributed by atoms with Gasteiger partial charge in [-0.15, -0.1) is 0 Å². The molecule has 0 aliphatic heterocycles. The summed E-state index contributed by atoms with van der Waals surface area (Å²) >= 11 is 5.69. The lowest BCUT2D eigenvalue weighted by Gasteiger charge is -2.10. The second kappa shape index (κ2) is 4.82. The fourth-order valence-corrected chi connectivity index (χ4v) is 1.17. The Balaban J connectivity index is 2.68. The lowest BCUT2D eigenvalue weighted by atomic mass is 10.1. The number of carbonyl (C=O) groups excluding carboxylic acids is 1. The first-order chi connectivity index (χ1) is 6.63. The second-order valence-electron chi connectivity index (χ2n) is 2.98. The van der Waals surface area contributed by atoms with Gasteiger partial charge in [0, 0.05) is 18.7 Å². The van der Waals surface area contributed by atoms with Crippen LogP contribution in [0.15, 0.2) is 30.8 Å². The lowest BCUT2D eigenvalue weighted by molar-refractivity contribution is -0.124. The fourth-order valence-electron chi connectivity index (χ4n) is 1.03. The van der Waals surface area contributed by atoms with Crippen LogP contribution in [0.1, 0.15) is 18.1 Å². The van der Waals surface area contributed by atoms with Gasteiger partial charge in [0.2, 0.25) is 5.91 Å². The topological polar surface area (TPSA) is 20.3 Å². The van der Waals surface area contributed by atoms with Gasteiger partial charge in [-0.3, -0.25) is 9.21 Å². The summed E-state index contributed by atoms with van der Waals surface area (Å²) in [6.07, 6.45) is 1.77. The average molecular weight is 210 g/mol. The molecule has 1 rings (SSSR count). The Hall–Kier alpha value is -1.28. The number of nitrogens with zero attached hydrogens (tertiary/aromatic N) is 1. The molecule has 1 aromatic rings. The molecule has 0 unspecified atom stereocenters. The van der Waals surface area contributed by atoms with Crippen molar-refractivity contribution in [2.24, 2.45) is 0 Å². The number of halogens is 1. The van der Waals surface area contributed by atoms with Gasteiger partial charge in [0.05, 0.1) is 6.54 Å². The Kier molecular flexibility index (Phi) is 3.72. The Morgan fingerprint density at radius 1 is 1.50 bits per heavy atom. The predicted molar refractivity (Wildman–Crippen MR) is 58.6 cm³/mol. The summed E-state index contributed by atoms with van der Waals surface area (Å²) in [5.74, 6) is -0.153. The Morgan fingerprint density at radius 3 is 2.50 bits per heavy atom. The van der Waals surface area contributed by atoms with Gasteiger partial charge < -0.3 is 0 Å². The SMILES string of the molecule is C=Cc1ccc(CN(Cl)C(C)=O)cc1. The van der Waals surface area contributed by atoms with E-state index in [0.717, 1.165) is 15.5 Å². The first kappa shape index (κ1) is 10.8. The number of hydrogen-bond donors (Lipinski definition) is 0. The molecular weight excluding hydrogens is 198 g/mol. The van der Waals surface area contributed by atoms with Crippen molar-refractivity contribution in [2.75, 3.05) is 0 Å². The third-order valence-corrected chi connectivity index (χ3v) is 2.24. The quantitative estimate of drug-likeness (QED) is 0.701. The zero-order chi connectivity index (χ0) is 10.6. The summed E-state index contributed by atoms with van der Waals surface area (Å²) in [7, 11) is 0. The fraction of sp³-hybridized carbons (Fsp3) is 0.182. The van der Waals surface area contributed by atoms with Crippen LogP contribution in [0, 0.1) is 0 Å². The van der Waals surface area contributed by atoms with E-state index in [0.29, 0.717) is 6.54 Å². The molecule has 74 valence electrons. The zero-order valence-electron chi connectivity index (χ0n) is 8.03. The van der Waals surface area contributed by atoms with E-state index in [9.17, 15) is 4.79 Å². The number of rotatable bonds is 3. The van der Waals surface area contributed by atoms with E-state index in [1.54, 1.807) is 6.08 Å². The molecule has 3 heteroatoms. The standard InChI is InChI=1S/C11H12ClNO/c1-3-10-4-6-11(7-5-10)8-13(12)9(2)14/h3-7H,1,8H2,2H3. The van der Waals surface area contributed by atoms with Crippen molar-refractivity contribution in [3.05, 3.63) is 42.0 Å². The maximum absolute atomic E-state index is 10.8. The van der Waals surface area contributed by atoms with E-state index in [1.165, 1.54) is 6.92 Å². The molecule has 0 radical (unpaired) electrons. The van der Waals surface area contributed by atoms with Gasteiger partial charge in [-0.05, 0) is 11.1 Å². The van der Waals surface area contributed by atoms with Crippen LogP contribution in [0.3, 0.4) is 0 Å². The molecule has 0 saturated carbocycles. The monoisotopic (exact) mass is 209 g/mol. The molecule has 2 nitrogen and oxygen atoms in total. The Morgan fingerprint density at radius 2 is 2.07 bits per heavy atom. The van der Waals surface area contributed by atoms with Crippen LogP contribution in [0.5, 0.6) is 0 Å². The molecule has 0 heterocycles. The van der Waals surface area contributed by atoms with Gasteiger partial charge in [-0.25, -0.2) is 0 Å². The third kappa shape index (κ3) is 2.89. The molecule has 0 bridgehead atoms. The molecule has 0 spiro atoms.